The van der Waals surface area contributed by atoms with Gasteiger partial charge in [-0.15, -0.1) is 0 Å². The molecule has 0 N–H and O–H groups in total. The molecule has 2 fully saturated rings. The maximum atomic E-state index is 12.5. The van der Waals surface area contributed by atoms with Crippen LogP contribution in [0.1, 0.15) is 12.8 Å². The predicted octanol–water partition coefficient (Wildman–Crippen LogP) is 1.47. The monoisotopic (exact) mass is 342 g/mol. The van der Waals surface area contributed by atoms with Crippen LogP contribution in [0.4, 0.5) is 0 Å². The van der Waals surface area contributed by atoms with Crippen LogP contribution in [-0.4, -0.2) is 75.7 Å². The largest absolute Gasteiger partial charge is 0.302 e. The van der Waals surface area contributed by atoms with E-state index in [0.29, 0.717) is 5.15 Å². The average molecular weight is 343 g/mol. The van der Waals surface area contributed by atoms with Gasteiger partial charge >= 0.3 is 0 Å². The average Bonchev–Trinajstić information content (AvgIpc) is 3.07. The fourth-order valence-corrected chi connectivity index (χ4v) is 4.25. The Labute approximate surface area is 139 Å². The van der Waals surface area contributed by atoms with Gasteiger partial charge < -0.3 is 4.90 Å². The summed E-state index contributed by atoms with van der Waals surface area (Å²) in [7, 11) is -1.12. The van der Waals surface area contributed by atoms with Crippen LogP contribution in [-0.2, 0) is 11.0 Å². The van der Waals surface area contributed by atoms with Crippen molar-refractivity contribution >= 4 is 22.6 Å². The first-order valence-electron chi connectivity index (χ1n) is 7.95. The highest BCUT2D eigenvalue weighted by Crippen LogP contribution is 2.15. The zero-order valence-electron chi connectivity index (χ0n) is 12.8. The van der Waals surface area contributed by atoms with Crippen molar-refractivity contribution in [2.24, 2.45) is 0 Å². The molecule has 122 valence electrons. The standard InChI is InChI=1S/C15H23ClN4OS/c16-15-4-3-14(13-17-15)22(21)20-11-9-19(10-12-20)8-7-18-5-1-2-6-18/h3-4,13H,1-2,5-12H2. The van der Waals surface area contributed by atoms with E-state index in [1.54, 1.807) is 18.3 Å². The zero-order valence-corrected chi connectivity index (χ0v) is 14.4. The first-order valence-corrected chi connectivity index (χ1v) is 9.44. The molecule has 0 amide bonds. The summed E-state index contributed by atoms with van der Waals surface area (Å²) < 4.78 is 14.5. The highest BCUT2D eigenvalue weighted by molar-refractivity contribution is 7.82. The molecule has 2 aliphatic rings. The molecule has 0 saturated carbocycles. The van der Waals surface area contributed by atoms with E-state index in [1.165, 1.54) is 32.5 Å². The molecule has 5 nitrogen and oxygen atoms in total. The van der Waals surface area contributed by atoms with Gasteiger partial charge in [-0.1, -0.05) is 11.6 Å². The maximum absolute atomic E-state index is 12.5. The molecule has 0 radical (unpaired) electrons. The smallest absolute Gasteiger partial charge is 0.129 e. The summed E-state index contributed by atoms with van der Waals surface area (Å²) in [4.78, 5) is 9.77. The normalized spacial score (nSPS) is 23.0. The van der Waals surface area contributed by atoms with Crippen molar-refractivity contribution in [2.75, 3.05) is 52.4 Å². The molecule has 0 aliphatic carbocycles. The van der Waals surface area contributed by atoms with Gasteiger partial charge in [0.25, 0.3) is 0 Å². The van der Waals surface area contributed by atoms with Crippen LogP contribution >= 0.6 is 11.6 Å². The molecule has 0 aromatic carbocycles. The molecule has 1 atom stereocenters. The number of halogens is 1. The van der Waals surface area contributed by atoms with Crippen LogP contribution in [0.2, 0.25) is 5.15 Å². The van der Waals surface area contributed by atoms with Crippen LogP contribution < -0.4 is 0 Å². The number of aromatic nitrogens is 1. The number of piperazine rings is 1. The summed E-state index contributed by atoms with van der Waals surface area (Å²) in [5.74, 6) is 0. The van der Waals surface area contributed by atoms with Crippen LogP contribution in [0.3, 0.4) is 0 Å². The molecule has 1 unspecified atom stereocenters. The number of pyridine rings is 1. The van der Waals surface area contributed by atoms with Gasteiger partial charge in [-0.2, -0.15) is 0 Å². The fraction of sp³-hybridized carbons (Fsp3) is 0.667. The Balaban J connectivity index is 1.44. The van der Waals surface area contributed by atoms with E-state index in [-0.39, 0.29) is 0 Å². The first kappa shape index (κ1) is 16.3. The number of nitrogens with zero attached hydrogens (tertiary/aromatic N) is 4. The number of hydrogen-bond acceptors (Lipinski definition) is 4. The van der Waals surface area contributed by atoms with Gasteiger partial charge in [-0.25, -0.2) is 13.5 Å². The van der Waals surface area contributed by atoms with E-state index in [1.807, 2.05) is 4.31 Å². The van der Waals surface area contributed by atoms with Gasteiger partial charge in [0.05, 0.1) is 4.90 Å². The predicted molar refractivity (Wildman–Crippen MR) is 89.3 cm³/mol. The summed E-state index contributed by atoms with van der Waals surface area (Å²) in [5.41, 5.74) is 0. The highest BCUT2D eigenvalue weighted by atomic mass is 35.5. The molecule has 0 spiro atoms. The Hall–Kier alpha value is -0.530. The van der Waals surface area contributed by atoms with E-state index in [2.05, 4.69) is 14.8 Å². The van der Waals surface area contributed by atoms with Gasteiger partial charge in [-0.05, 0) is 38.1 Å². The molecule has 3 heterocycles. The summed E-state index contributed by atoms with van der Waals surface area (Å²) in [6, 6.07) is 3.49. The van der Waals surface area contributed by atoms with Crippen molar-refractivity contribution in [1.29, 1.82) is 0 Å². The minimum Gasteiger partial charge on any atom is -0.302 e. The van der Waals surface area contributed by atoms with E-state index in [0.717, 1.165) is 37.6 Å². The van der Waals surface area contributed by atoms with Gasteiger partial charge in [0, 0.05) is 45.5 Å². The second-order valence-corrected chi connectivity index (χ2v) is 7.76. The third-order valence-corrected chi connectivity index (χ3v) is 6.10. The zero-order chi connectivity index (χ0) is 15.4. The lowest BCUT2D eigenvalue weighted by atomic mass is 10.3. The van der Waals surface area contributed by atoms with Crippen molar-refractivity contribution in [2.45, 2.75) is 17.7 Å². The van der Waals surface area contributed by atoms with Crippen LogP contribution in [0.25, 0.3) is 0 Å². The van der Waals surface area contributed by atoms with Gasteiger partial charge in [0.2, 0.25) is 0 Å². The highest BCUT2D eigenvalue weighted by Gasteiger charge is 2.23. The van der Waals surface area contributed by atoms with Crippen LogP contribution in [0.15, 0.2) is 23.2 Å². The van der Waals surface area contributed by atoms with Crippen LogP contribution in [0.5, 0.6) is 0 Å². The molecular weight excluding hydrogens is 320 g/mol. The topological polar surface area (TPSA) is 39.7 Å². The molecule has 0 bridgehead atoms. The molecule has 1 aromatic rings. The Morgan fingerprint density at radius 2 is 1.64 bits per heavy atom. The molecule has 7 heteroatoms. The second-order valence-electron chi connectivity index (χ2n) is 5.89. The summed E-state index contributed by atoms with van der Waals surface area (Å²) in [6.07, 6.45) is 4.31. The molecule has 2 saturated heterocycles. The van der Waals surface area contributed by atoms with Crippen LogP contribution in [0, 0.1) is 0 Å². The minimum atomic E-state index is -1.12. The Kier molecular flexibility index (Phi) is 5.82. The number of likely N-dealkylation sites (tertiary alicyclic amines) is 1. The molecule has 22 heavy (non-hydrogen) atoms. The lowest BCUT2D eigenvalue weighted by Gasteiger charge is -2.34. The van der Waals surface area contributed by atoms with Gasteiger partial charge in [0.1, 0.15) is 16.1 Å². The molecule has 2 aliphatic heterocycles. The summed E-state index contributed by atoms with van der Waals surface area (Å²) >= 11 is 5.78. The Morgan fingerprint density at radius 3 is 2.23 bits per heavy atom. The lowest BCUT2D eigenvalue weighted by molar-refractivity contribution is 0.171. The van der Waals surface area contributed by atoms with Gasteiger partial charge in [0.15, 0.2) is 0 Å². The van der Waals surface area contributed by atoms with E-state index in [9.17, 15) is 4.21 Å². The SMILES string of the molecule is O=S(c1ccc(Cl)nc1)N1CCN(CCN2CCCC2)CC1. The third-order valence-electron chi connectivity index (χ3n) is 4.40. The second kappa shape index (κ2) is 7.84. The fourth-order valence-electron chi connectivity index (χ4n) is 3.02. The van der Waals surface area contributed by atoms with Crippen molar-refractivity contribution in [1.82, 2.24) is 19.1 Å². The maximum Gasteiger partial charge on any atom is 0.129 e. The lowest BCUT2D eigenvalue weighted by Crippen LogP contribution is -2.48. The Morgan fingerprint density at radius 1 is 1.00 bits per heavy atom. The number of hydrogen-bond donors (Lipinski definition) is 0. The minimum absolute atomic E-state index is 0.437. The van der Waals surface area contributed by atoms with Crippen molar-refractivity contribution < 1.29 is 4.21 Å². The van der Waals surface area contributed by atoms with Crippen molar-refractivity contribution in [3.05, 3.63) is 23.5 Å². The molecule has 1 aromatic heterocycles. The molecular formula is C15H23ClN4OS. The first-order chi connectivity index (χ1) is 10.7. The van der Waals surface area contributed by atoms with Crippen molar-refractivity contribution in [3.63, 3.8) is 0 Å². The van der Waals surface area contributed by atoms with E-state index < -0.39 is 11.0 Å². The summed E-state index contributed by atoms with van der Waals surface area (Å²) in [6.45, 7) is 8.47. The van der Waals surface area contributed by atoms with Gasteiger partial charge in [-0.3, -0.25) is 4.90 Å². The van der Waals surface area contributed by atoms with E-state index in [4.69, 9.17) is 11.6 Å². The molecule has 3 rings (SSSR count). The summed E-state index contributed by atoms with van der Waals surface area (Å²) in [5, 5.41) is 0.437. The van der Waals surface area contributed by atoms with E-state index >= 15 is 0 Å². The van der Waals surface area contributed by atoms with Crippen molar-refractivity contribution in [3.8, 4) is 0 Å². The quantitative estimate of drug-likeness (QED) is 0.760. The third kappa shape index (κ3) is 4.26. The number of rotatable bonds is 5. The Bertz CT molecular complexity index is 499.